The zero-order chi connectivity index (χ0) is 7.26. The van der Waals surface area contributed by atoms with Crippen LogP contribution in [0.1, 0.15) is 34.5 Å². The van der Waals surface area contributed by atoms with Gasteiger partial charge >= 0.3 is 0 Å². The maximum Gasteiger partial charge on any atom is 0.0307 e. The van der Waals surface area contributed by atoms with E-state index in [-0.39, 0.29) is 0 Å². The molecule has 0 aliphatic carbocycles. The molecule has 0 aromatic heterocycles. The molecule has 2 unspecified atom stereocenters. The molecule has 2 aliphatic heterocycles. The lowest BCUT2D eigenvalue weighted by atomic mass is 9.92. The van der Waals surface area contributed by atoms with Crippen LogP contribution in [0, 0.1) is 0 Å². The quantitative estimate of drug-likeness (QED) is 0.564. The molecule has 2 bridgehead atoms. The van der Waals surface area contributed by atoms with Crippen LogP contribution in [0.5, 0.6) is 0 Å². The molecule has 3 rings (SSSR count). The summed E-state index contributed by atoms with van der Waals surface area (Å²) in [5, 5.41) is 1.69. The van der Waals surface area contributed by atoms with Crippen LogP contribution >= 0.6 is 11.8 Å². The average Bonchev–Trinajstić information content (AvgIpc) is 2.64. The number of thioether (sulfide) groups is 1. The van der Waals surface area contributed by atoms with Gasteiger partial charge in [-0.05, 0) is 24.0 Å². The number of hydrogen-bond donors (Lipinski definition) is 0. The third kappa shape index (κ3) is 0.721. The van der Waals surface area contributed by atoms with Crippen molar-refractivity contribution in [2.24, 2.45) is 0 Å². The molecule has 56 valence electrons. The van der Waals surface area contributed by atoms with Crippen LogP contribution in [0.25, 0.3) is 0 Å². The second kappa shape index (κ2) is 2.04. The Labute approximate surface area is 71.0 Å². The molecule has 0 nitrogen and oxygen atoms in total. The molecule has 2 atom stereocenters. The monoisotopic (exact) mass is 162 g/mol. The third-order valence-corrected chi connectivity index (χ3v) is 4.35. The van der Waals surface area contributed by atoms with E-state index in [0.717, 1.165) is 10.5 Å². The van der Waals surface area contributed by atoms with Crippen LogP contribution in [0.3, 0.4) is 0 Å². The van der Waals surface area contributed by atoms with Crippen LogP contribution in [-0.4, -0.2) is 0 Å². The Bertz CT molecular complexity index is 264. The molecule has 1 aromatic carbocycles. The fourth-order valence-electron chi connectivity index (χ4n) is 2.19. The highest BCUT2D eigenvalue weighted by Crippen LogP contribution is 2.60. The van der Waals surface area contributed by atoms with Crippen LogP contribution in [0.4, 0.5) is 0 Å². The summed E-state index contributed by atoms with van der Waals surface area (Å²) < 4.78 is 0. The first-order chi connectivity index (χ1) is 5.45. The molecule has 0 saturated carbocycles. The van der Waals surface area contributed by atoms with Crippen molar-refractivity contribution >= 4 is 11.8 Å². The molecule has 0 amide bonds. The van der Waals surface area contributed by atoms with E-state index >= 15 is 0 Å². The SMILES string of the molecule is c1ccc2c(c1)C1CCC2S1. The number of fused-ring (bicyclic) bond motifs is 5. The van der Waals surface area contributed by atoms with Crippen molar-refractivity contribution in [1.82, 2.24) is 0 Å². The summed E-state index contributed by atoms with van der Waals surface area (Å²) in [7, 11) is 0. The Hall–Kier alpha value is -0.430. The first-order valence-corrected chi connectivity index (χ1v) is 5.14. The summed E-state index contributed by atoms with van der Waals surface area (Å²) >= 11 is 2.16. The molecule has 0 radical (unpaired) electrons. The van der Waals surface area contributed by atoms with E-state index in [9.17, 15) is 0 Å². The Balaban J connectivity index is 2.23. The van der Waals surface area contributed by atoms with Crippen molar-refractivity contribution in [3.8, 4) is 0 Å². The fourth-order valence-corrected chi connectivity index (χ4v) is 3.86. The lowest BCUT2D eigenvalue weighted by Crippen LogP contribution is -1.95. The Morgan fingerprint density at radius 2 is 1.55 bits per heavy atom. The first-order valence-electron chi connectivity index (χ1n) is 4.19. The van der Waals surface area contributed by atoms with Crippen molar-refractivity contribution < 1.29 is 0 Å². The summed E-state index contributed by atoms with van der Waals surface area (Å²) in [5.74, 6) is 0. The normalized spacial score (nSPS) is 32.4. The van der Waals surface area contributed by atoms with E-state index in [1.807, 2.05) is 0 Å². The van der Waals surface area contributed by atoms with Gasteiger partial charge in [-0.15, -0.1) is 11.8 Å². The molecule has 2 heterocycles. The van der Waals surface area contributed by atoms with Crippen molar-refractivity contribution in [3.63, 3.8) is 0 Å². The van der Waals surface area contributed by atoms with E-state index in [2.05, 4.69) is 36.0 Å². The minimum Gasteiger partial charge on any atom is -0.146 e. The maximum absolute atomic E-state index is 2.30. The van der Waals surface area contributed by atoms with Gasteiger partial charge < -0.3 is 0 Å². The molecule has 0 N–H and O–H groups in total. The summed E-state index contributed by atoms with van der Waals surface area (Å²) in [6, 6.07) is 8.93. The van der Waals surface area contributed by atoms with E-state index in [1.54, 1.807) is 11.1 Å². The second-order valence-corrected chi connectivity index (χ2v) is 4.73. The molecule has 1 aromatic rings. The van der Waals surface area contributed by atoms with Gasteiger partial charge in [0.15, 0.2) is 0 Å². The highest BCUT2D eigenvalue weighted by molar-refractivity contribution is 8.00. The van der Waals surface area contributed by atoms with Crippen LogP contribution in [-0.2, 0) is 0 Å². The lowest BCUT2D eigenvalue weighted by molar-refractivity contribution is 0.717. The Morgan fingerprint density at radius 1 is 1.00 bits per heavy atom. The van der Waals surface area contributed by atoms with Crippen molar-refractivity contribution in [2.45, 2.75) is 23.3 Å². The van der Waals surface area contributed by atoms with Crippen LogP contribution in [0.15, 0.2) is 24.3 Å². The fraction of sp³-hybridized carbons (Fsp3) is 0.400. The standard InChI is InChI=1S/C10H10S/c1-2-4-8-7(3-1)9-5-6-10(8)11-9/h1-4,9-10H,5-6H2. The summed E-state index contributed by atoms with van der Waals surface area (Å²) in [6.07, 6.45) is 2.82. The second-order valence-electron chi connectivity index (χ2n) is 3.32. The van der Waals surface area contributed by atoms with Gasteiger partial charge in [0, 0.05) is 10.5 Å². The predicted octanol–water partition coefficient (Wildman–Crippen LogP) is 3.31. The Kier molecular flexibility index (Phi) is 1.14. The Morgan fingerprint density at radius 3 is 2.09 bits per heavy atom. The van der Waals surface area contributed by atoms with E-state index in [1.165, 1.54) is 12.8 Å². The van der Waals surface area contributed by atoms with E-state index in [4.69, 9.17) is 0 Å². The molecule has 0 spiro atoms. The molecule has 11 heavy (non-hydrogen) atoms. The highest BCUT2D eigenvalue weighted by Gasteiger charge is 2.36. The van der Waals surface area contributed by atoms with E-state index in [0.29, 0.717) is 0 Å². The molecule has 1 fully saturated rings. The topological polar surface area (TPSA) is 0 Å². The number of benzene rings is 1. The van der Waals surface area contributed by atoms with Crippen molar-refractivity contribution in [3.05, 3.63) is 35.4 Å². The van der Waals surface area contributed by atoms with Crippen molar-refractivity contribution in [2.75, 3.05) is 0 Å². The van der Waals surface area contributed by atoms with Gasteiger partial charge in [0.25, 0.3) is 0 Å². The lowest BCUT2D eigenvalue weighted by Gasteiger charge is -2.11. The van der Waals surface area contributed by atoms with Crippen LogP contribution < -0.4 is 0 Å². The molecular formula is C10H10S. The number of rotatable bonds is 0. The minimum absolute atomic E-state index is 0.844. The molecule has 2 aliphatic rings. The zero-order valence-corrected chi connectivity index (χ0v) is 7.10. The minimum atomic E-state index is 0.844. The summed E-state index contributed by atoms with van der Waals surface area (Å²) in [5.41, 5.74) is 3.24. The maximum atomic E-state index is 2.30. The predicted molar refractivity (Wildman–Crippen MR) is 48.7 cm³/mol. The zero-order valence-electron chi connectivity index (χ0n) is 6.29. The van der Waals surface area contributed by atoms with Gasteiger partial charge in [-0.25, -0.2) is 0 Å². The largest absolute Gasteiger partial charge is 0.146 e. The molecular weight excluding hydrogens is 152 g/mol. The molecule has 1 heteroatoms. The van der Waals surface area contributed by atoms with Crippen molar-refractivity contribution in [1.29, 1.82) is 0 Å². The van der Waals surface area contributed by atoms with Gasteiger partial charge in [0.1, 0.15) is 0 Å². The summed E-state index contributed by atoms with van der Waals surface area (Å²) in [4.78, 5) is 0. The van der Waals surface area contributed by atoms with E-state index < -0.39 is 0 Å². The van der Waals surface area contributed by atoms with Crippen LogP contribution in [0.2, 0.25) is 0 Å². The molecule has 1 saturated heterocycles. The summed E-state index contributed by atoms with van der Waals surface area (Å²) in [6.45, 7) is 0. The average molecular weight is 162 g/mol. The first kappa shape index (κ1) is 6.13. The van der Waals surface area contributed by atoms with Gasteiger partial charge in [-0.2, -0.15) is 0 Å². The smallest absolute Gasteiger partial charge is 0.0307 e. The van der Waals surface area contributed by atoms with Gasteiger partial charge in [0.2, 0.25) is 0 Å². The van der Waals surface area contributed by atoms with Gasteiger partial charge in [-0.3, -0.25) is 0 Å². The van der Waals surface area contributed by atoms with Gasteiger partial charge in [0.05, 0.1) is 0 Å². The highest BCUT2D eigenvalue weighted by atomic mass is 32.2. The van der Waals surface area contributed by atoms with Gasteiger partial charge in [-0.1, -0.05) is 24.3 Å². The number of hydrogen-bond acceptors (Lipinski definition) is 1. The third-order valence-electron chi connectivity index (χ3n) is 2.71.